The van der Waals surface area contributed by atoms with E-state index >= 15 is 0 Å². The Hall–Kier alpha value is -1.82. The van der Waals surface area contributed by atoms with Gasteiger partial charge in [-0.15, -0.1) is 0 Å². The summed E-state index contributed by atoms with van der Waals surface area (Å²) in [4.78, 5) is 29.8. The van der Waals surface area contributed by atoms with Gasteiger partial charge in [-0.2, -0.15) is 0 Å². The number of pyridine rings is 1. The van der Waals surface area contributed by atoms with Crippen molar-refractivity contribution in [2.24, 2.45) is 11.3 Å². The fourth-order valence-corrected chi connectivity index (χ4v) is 3.12. The van der Waals surface area contributed by atoms with Crippen LogP contribution in [0.25, 0.3) is 0 Å². The maximum atomic E-state index is 12.6. The Balaban J connectivity index is 1.69. The lowest BCUT2D eigenvalue weighted by Crippen LogP contribution is -2.48. The highest BCUT2D eigenvalue weighted by Gasteiger charge is 2.39. The second kappa shape index (κ2) is 6.59. The van der Waals surface area contributed by atoms with Gasteiger partial charge in [0.25, 0.3) is 5.91 Å². The van der Waals surface area contributed by atoms with Crippen LogP contribution in [0.15, 0.2) is 12.3 Å². The molecule has 0 bridgehead atoms. The molecule has 1 unspecified atom stereocenters. The molecule has 2 heterocycles. The molecule has 2 fully saturated rings. The topological polar surface area (TPSA) is 79.7 Å². The maximum Gasteiger partial charge on any atom is 0.311 e. The normalized spacial score (nSPS) is 23.8. The summed E-state index contributed by atoms with van der Waals surface area (Å²) < 4.78 is 5.56. The van der Waals surface area contributed by atoms with Crippen molar-refractivity contribution in [1.29, 1.82) is 0 Å². The number of rotatable bonds is 5. The molecule has 130 valence electrons. The van der Waals surface area contributed by atoms with Crippen molar-refractivity contribution in [3.05, 3.63) is 22.8 Å². The summed E-state index contributed by atoms with van der Waals surface area (Å²) in [6.45, 7) is 3.01. The van der Waals surface area contributed by atoms with Gasteiger partial charge in [-0.3, -0.25) is 9.59 Å². The van der Waals surface area contributed by atoms with Gasteiger partial charge in [0.1, 0.15) is 5.02 Å². The largest absolute Gasteiger partial charge is 0.481 e. The van der Waals surface area contributed by atoms with Crippen molar-refractivity contribution >= 4 is 23.5 Å². The molecule has 24 heavy (non-hydrogen) atoms. The number of carboxylic acids is 1. The molecule has 2 aliphatic rings. The van der Waals surface area contributed by atoms with Gasteiger partial charge in [0, 0.05) is 19.3 Å². The molecule has 1 amide bonds. The predicted octanol–water partition coefficient (Wildman–Crippen LogP) is 2.85. The summed E-state index contributed by atoms with van der Waals surface area (Å²) in [6, 6.07) is 1.55. The summed E-state index contributed by atoms with van der Waals surface area (Å²) in [5.74, 6) is -0.189. The summed E-state index contributed by atoms with van der Waals surface area (Å²) in [7, 11) is 0. The molecule has 7 heteroatoms. The van der Waals surface area contributed by atoms with E-state index in [9.17, 15) is 14.7 Å². The molecule has 6 nitrogen and oxygen atoms in total. The van der Waals surface area contributed by atoms with E-state index < -0.39 is 11.4 Å². The van der Waals surface area contributed by atoms with Crippen LogP contribution in [0.2, 0.25) is 5.02 Å². The van der Waals surface area contributed by atoms with E-state index in [4.69, 9.17) is 16.3 Å². The minimum absolute atomic E-state index is 0.193. The minimum atomic E-state index is -0.904. The molecule has 0 aromatic carbocycles. The Labute approximate surface area is 145 Å². The molecule has 1 aromatic rings. The van der Waals surface area contributed by atoms with Crippen molar-refractivity contribution in [3.8, 4) is 5.88 Å². The number of hydrogen-bond donors (Lipinski definition) is 1. The van der Waals surface area contributed by atoms with Gasteiger partial charge in [-0.05, 0) is 44.6 Å². The van der Waals surface area contributed by atoms with Gasteiger partial charge in [-0.25, -0.2) is 4.98 Å². The number of carbonyl (C=O) groups excluding carboxylic acids is 1. The highest BCUT2D eigenvalue weighted by Crippen LogP contribution is 2.32. The number of ether oxygens (including phenoxy) is 1. The third kappa shape index (κ3) is 3.64. The molecular formula is C17H21ClN2O4. The van der Waals surface area contributed by atoms with Crippen molar-refractivity contribution in [1.82, 2.24) is 9.88 Å². The van der Waals surface area contributed by atoms with Gasteiger partial charge < -0.3 is 14.7 Å². The average molecular weight is 353 g/mol. The SMILES string of the molecule is CC1(C(=O)O)CCCN(C(=O)c2cnc(OCC3CC3)c(Cl)c2)C1. The first-order chi connectivity index (χ1) is 11.4. The zero-order chi connectivity index (χ0) is 17.3. The Morgan fingerprint density at radius 2 is 2.25 bits per heavy atom. The Bertz CT molecular complexity index is 662. The van der Waals surface area contributed by atoms with Crippen LogP contribution in [-0.4, -0.2) is 46.6 Å². The first-order valence-electron chi connectivity index (χ1n) is 8.20. The number of carbonyl (C=O) groups is 2. The van der Waals surface area contributed by atoms with Crippen LogP contribution in [0.4, 0.5) is 0 Å². The van der Waals surface area contributed by atoms with Crippen LogP contribution in [-0.2, 0) is 4.79 Å². The highest BCUT2D eigenvalue weighted by molar-refractivity contribution is 6.32. The predicted molar refractivity (Wildman–Crippen MR) is 88.3 cm³/mol. The van der Waals surface area contributed by atoms with E-state index in [0.29, 0.717) is 48.4 Å². The first-order valence-corrected chi connectivity index (χ1v) is 8.58. The maximum absolute atomic E-state index is 12.6. The number of piperidine rings is 1. The molecule has 1 aliphatic carbocycles. The number of aromatic nitrogens is 1. The molecular weight excluding hydrogens is 332 g/mol. The van der Waals surface area contributed by atoms with E-state index in [1.54, 1.807) is 17.9 Å². The lowest BCUT2D eigenvalue weighted by molar-refractivity contribution is -0.150. The van der Waals surface area contributed by atoms with Crippen LogP contribution in [0, 0.1) is 11.3 Å². The van der Waals surface area contributed by atoms with Crippen molar-refractivity contribution in [2.45, 2.75) is 32.6 Å². The standard InChI is InChI=1S/C17H21ClN2O4/c1-17(16(22)23)5-2-6-20(10-17)15(21)12-7-13(18)14(19-8-12)24-9-11-3-4-11/h7-8,11H,2-6,9-10H2,1H3,(H,22,23). The van der Waals surface area contributed by atoms with Crippen LogP contribution in [0.1, 0.15) is 43.0 Å². The average Bonchev–Trinajstić information content (AvgIpc) is 3.37. The third-order valence-corrected chi connectivity index (χ3v) is 4.98. The summed E-state index contributed by atoms with van der Waals surface area (Å²) in [5.41, 5.74) is -0.549. The zero-order valence-electron chi connectivity index (χ0n) is 13.6. The molecule has 1 aliphatic heterocycles. The molecule has 3 rings (SSSR count). The monoisotopic (exact) mass is 352 g/mol. The summed E-state index contributed by atoms with van der Waals surface area (Å²) >= 11 is 6.17. The fourth-order valence-electron chi connectivity index (χ4n) is 2.90. The number of aliphatic carboxylic acids is 1. The number of halogens is 1. The van der Waals surface area contributed by atoms with E-state index in [1.807, 2.05) is 0 Å². The number of carboxylic acid groups (broad SMARTS) is 1. The molecule has 1 atom stereocenters. The number of hydrogen-bond acceptors (Lipinski definition) is 4. The van der Waals surface area contributed by atoms with Gasteiger partial charge in [0.05, 0.1) is 17.6 Å². The van der Waals surface area contributed by atoms with Gasteiger partial charge >= 0.3 is 5.97 Å². The van der Waals surface area contributed by atoms with Crippen LogP contribution in [0.5, 0.6) is 5.88 Å². The van der Waals surface area contributed by atoms with Gasteiger partial charge in [-0.1, -0.05) is 11.6 Å². The lowest BCUT2D eigenvalue weighted by atomic mass is 9.82. The molecule has 1 saturated heterocycles. The molecule has 0 radical (unpaired) electrons. The Kier molecular flexibility index (Phi) is 4.67. The second-order valence-corrected chi connectivity index (χ2v) is 7.37. The second-order valence-electron chi connectivity index (χ2n) is 6.96. The van der Waals surface area contributed by atoms with Crippen LogP contribution >= 0.6 is 11.6 Å². The molecule has 1 saturated carbocycles. The fraction of sp³-hybridized carbons (Fsp3) is 0.588. The highest BCUT2D eigenvalue weighted by atomic mass is 35.5. The smallest absolute Gasteiger partial charge is 0.311 e. The van der Waals surface area contributed by atoms with Gasteiger partial charge in [0.2, 0.25) is 5.88 Å². The van der Waals surface area contributed by atoms with E-state index in [-0.39, 0.29) is 12.5 Å². The molecule has 0 spiro atoms. The third-order valence-electron chi connectivity index (χ3n) is 4.71. The van der Waals surface area contributed by atoms with E-state index in [0.717, 1.165) is 0 Å². The van der Waals surface area contributed by atoms with Crippen molar-refractivity contribution < 1.29 is 19.4 Å². The van der Waals surface area contributed by atoms with Crippen LogP contribution in [0.3, 0.4) is 0 Å². The van der Waals surface area contributed by atoms with Gasteiger partial charge in [0.15, 0.2) is 0 Å². The van der Waals surface area contributed by atoms with Crippen molar-refractivity contribution in [3.63, 3.8) is 0 Å². The minimum Gasteiger partial charge on any atom is -0.481 e. The number of nitrogens with zero attached hydrogens (tertiary/aromatic N) is 2. The molecule has 1 aromatic heterocycles. The number of likely N-dealkylation sites (tertiary alicyclic amines) is 1. The lowest BCUT2D eigenvalue weighted by Gasteiger charge is -2.37. The summed E-state index contributed by atoms with van der Waals surface area (Å²) in [5, 5.41) is 9.67. The quantitative estimate of drug-likeness (QED) is 0.881. The number of amides is 1. The zero-order valence-corrected chi connectivity index (χ0v) is 14.4. The van der Waals surface area contributed by atoms with Crippen LogP contribution < -0.4 is 4.74 Å². The van der Waals surface area contributed by atoms with Crippen molar-refractivity contribution in [2.75, 3.05) is 19.7 Å². The Morgan fingerprint density at radius 3 is 2.88 bits per heavy atom. The Morgan fingerprint density at radius 1 is 1.50 bits per heavy atom. The summed E-state index contributed by atoms with van der Waals surface area (Å²) in [6.07, 6.45) is 5.03. The first kappa shape index (κ1) is 17.0. The van der Waals surface area contributed by atoms with E-state index in [1.165, 1.54) is 19.0 Å². The van der Waals surface area contributed by atoms with E-state index in [2.05, 4.69) is 4.98 Å². The molecule has 1 N–H and O–H groups in total.